The number of phenolic OH excluding ortho intramolecular Hbond substituents is 1. The van der Waals surface area contributed by atoms with Crippen LogP contribution in [-0.4, -0.2) is 25.3 Å². The van der Waals surface area contributed by atoms with Crippen molar-refractivity contribution in [2.24, 2.45) is 0 Å². The number of carbonyl (C=O) groups is 1. The lowest BCUT2D eigenvalue weighted by Gasteiger charge is -2.13. The van der Waals surface area contributed by atoms with Crippen molar-refractivity contribution in [3.8, 4) is 17.2 Å². The lowest BCUT2D eigenvalue weighted by atomic mass is 9.98. The van der Waals surface area contributed by atoms with Crippen LogP contribution in [0, 0.1) is 0 Å². The van der Waals surface area contributed by atoms with Crippen molar-refractivity contribution in [2.75, 3.05) is 14.2 Å². The number of benzene rings is 1. The highest BCUT2D eigenvalue weighted by atomic mass is 16.6. The van der Waals surface area contributed by atoms with E-state index in [1.54, 1.807) is 6.07 Å². The molecule has 0 aliphatic carbocycles. The van der Waals surface area contributed by atoms with Crippen LogP contribution in [0.1, 0.15) is 61.1 Å². The van der Waals surface area contributed by atoms with Gasteiger partial charge in [0, 0.05) is 5.56 Å². The molecule has 5 nitrogen and oxygen atoms in total. The van der Waals surface area contributed by atoms with Gasteiger partial charge in [0.05, 0.1) is 14.2 Å². The lowest BCUT2D eigenvalue weighted by Crippen LogP contribution is -2.00. The quantitative estimate of drug-likeness (QED) is 0.615. The third kappa shape index (κ3) is 2.91. The molecule has 2 rings (SSSR count). The number of ether oxygens (including phenoxy) is 3. The van der Waals surface area contributed by atoms with E-state index in [9.17, 15) is 9.90 Å². The summed E-state index contributed by atoms with van der Waals surface area (Å²) in [5.74, 6) is -0.185. The summed E-state index contributed by atoms with van der Waals surface area (Å²) in [5.41, 5.74) is 1.05. The Balaban J connectivity index is 2.29. The van der Waals surface area contributed by atoms with Gasteiger partial charge in [0.25, 0.3) is 0 Å². The molecule has 1 aliphatic heterocycles. The van der Waals surface area contributed by atoms with Crippen LogP contribution < -0.4 is 9.47 Å². The molecule has 0 bridgehead atoms. The summed E-state index contributed by atoms with van der Waals surface area (Å²) in [7, 11) is 2.88. The maximum absolute atomic E-state index is 12.0. The molecule has 1 aromatic rings. The molecule has 0 saturated carbocycles. The summed E-state index contributed by atoms with van der Waals surface area (Å²) in [4.78, 5) is 12.0. The normalized spacial score (nSPS) is 16.5. The smallest absolute Gasteiger partial charge is 0.343 e. The number of phenols is 1. The number of fused-ring (bicyclic) bond motifs is 1. The zero-order chi connectivity index (χ0) is 15.4. The minimum Gasteiger partial charge on any atom is -0.502 e. The first-order valence-electron chi connectivity index (χ1n) is 7.32. The fourth-order valence-electron chi connectivity index (χ4n) is 2.68. The minimum atomic E-state index is -0.444. The molecule has 0 radical (unpaired) electrons. The third-order valence-corrected chi connectivity index (χ3v) is 3.80. The molecule has 1 aliphatic rings. The average Bonchev–Trinajstić information content (AvgIpc) is 2.79. The van der Waals surface area contributed by atoms with Gasteiger partial charge >= 0.3 is 5.97 Å². The fraction of sp³-hybridized carbons (Fsp3) is 0.562. The molecule has 0 amide bonds. The molecule has 21 heavy (non-hydrogen) atoms. The summed E-state index contributed by atoms with van der Waals surface area (Å²) < 4.78 is 15.7. The van der Waals surface area contributed by atoms with Crippen LogP contribution in [-0.2, 0) is 4.74 Å². The molecule has 1 unspecified atom stereocenters. The second-order valence-electron chi connectivity index (χ2n) is 5.17. The largest absolute Gasteiger partial charge is 0.502 e. The first kappa shape index (κ1) is 15.5. The van der Waals surface area contributed by atoms with E-state index >= 15 is 0 Å². The van der Waals surface area contributed by atoms with Crippen molar-refractivity contribution in [3.63, 3.8) is 0 Å². The van der Waals surface area contributed by atoms with Crippen molar-refractivity contribution >= 4 is 5.97 Å². The molecule has 0 aromatic heterocycles. The fourth-order valence-corrected chi connectivity index (χ4v) is 2.68. The van der Waals surface area contributed by atoms with E-state index in [1.807, 2.05) is 0 Å². The molecule has 1 N–H and O–H groups in total. The highest BCUT2D eigenvalue weighted by Crippen LogP contribution is 2.48. The van der Waals surface area contributed by atoms with E-state index in [4.69, 9.17) is 14.2 Å². The van der Waals surface area contributed by atoms with E-state index in [-0.39, 0.29) is 17.6 Å². The van der Waals surface area contributed by atoms with Crippen LogP contribution in [0.25, 0.3) is 0 Å². The van der Waals surface area contributed by atoms with Crippen LogP contribution in [0.5, 0.6) is 17.2 Å². The number of cyclic esters (lactones) is 1. The minimum absolute atomic E-state index is 0.130. The van der Waals surface area contributed by atoms with Crippen molar-refractivity contribution in [3.05, 3.63) is 17.2 Å². The molecule has 5 heteroatoms. The molecule has 0 fully saturated rings. The predicted octanol–water partition coefficient (Wildman–Crippen LogP) is 3.59. The Hall–Kier alpha value is -1.91. The molecule has 116 valence electrons. The van der Waals surface area contributed by atoms with Gasteiger partial charge in [-0.1, -0.05) is 26.2 Å². The zero-order valence-corrected chi connectivity index (χ0v) is 12.8. The van der Waals surface area contributed by atoms with Crippen molar-refractivity contribution in [1.82, 2.24) is 0 Å². The monoisotopic (exact) mass is 294 g/mol. The zero-order valence-electron chi connectivity index (χ0n) is 12.8. The predicted molar refractivity (Wildman–Crippen MR) is 78.1 cm³/mol. The van der Waals surface area contributed by atoms with Gasteiger partial charge in [0.1, 0.15) is 11.7 Å². The Morgan fingerprint density at radius 1 is 1.24 bits per heavy atom. The average molecular weight is 294 g/mol. The highest BCUT2D eigenvalue weighted by Gasteiger charge is 2.36. The molecule has 1 heterocycles. The summed E-state index contributed by atoms with van der Waals surface area (Å²) in [5, 5.41) is 10.0. The van der Waals surface area contributed by atoms with Gasteiger partial charge in [-0.2, -0.15) is 0 Å². The number of methoxy groups -OCH3 is 2. The van der Waals surface area contributed by atoms with Crippen LogP contribution in [0.4, 0.5) is 0 Å². The lowest BCUT2D eigenvalue weighted by molar-refractivity contribution is 0.0361. The van der Waals surface area contributed by atoms with Gasteiger partial charge in [-0.05, 0) is 18.9 Å². The highest BCUT2D eigenvalue weighted by molar-refractivity contribution is 5.98. The van der Waals surface area contributed by atoms with E-state index in [0.717, 1.165) is 31.2 Å². The summed E-state index contributed by atoms with van der Waals surface area (Å²) >= 11 is 0. The number of rotatable bonds is 7. The maximum Gasteiger partial charge on any atom is 0.343 e. The molecule has 1 aromatic carbocycles. The molecular weight excluding hydrogens is 272 g/mol. The van der Waals surface area contributed by atoms with Crippen molar-refractivity contribution < 1.29 is 24.1 Å². The van der Waals surface area contributed by atoms with Crippen LogP contribution in [0.2, 0.25) is 0 Å². The van der Waals surface area contributed by atoms with Crippen LogP contribution >= 0.6 is 0 Å². The molecular formula is C16H22O5. The number of unbranched alkanes of at least 4 members (excludes halogenated alkanes) is 3. The number of hydrogen-bond acceptors (Lipinski definition) is 5. The van der Waals surface area contributed by atoms with Crippen LogP contribution in [0.3, 0.4) is 0 Å². The molecule has 0 saturated heterocycles. The van der Waals surface area contributed by atoms with Gasteiger partial charge in [-0.3, -0.25) is 0 Å². The third-order valence-electron chi connectivity index (χ3n) is 3.80. The molecule has 1 atom stereocenters. The SMILES string of the molecule is CCCCCCC1OC(=O)c2c1cc(OC)c(O)c2OC. The van der Waals surface area contributed by atoms with E-state index in [2.05, 4.69) is 6.92 Å². The first-order chi connectivity index (χ1) is 10.1. The Labute approximate surface area is 124 Å². The van der Waals surface area contributed by atoms with Crippen molar-refractivity contribution in [2.45, 2.75) is 45.1 Å². The van der Waals surface area contributed by atoms with E-state index in [0.29, 0.717) is 11.3 Å². The van der Waals surface area contributed by atoms with Gasteiger partial charge < -0.3 is 19.3 Å². The first-order valence-corrected chi connectivity index (χ1v) is 7.32. The summed E-state index contributed by atoms with van der Waals surface area (Å²) in [6, 6.07) is 1.67. The Morgan fingerprint density at radius 2 is 2.00 bits per heavy atom. The second kappa shape index (κ2) is 6.70. The van der Waals surface area contributed by atoms with Gasteiger partial charge in [-0.15, -0.1) is 0 Å². The number of esters is 1. The molecule has 0 spiro atoms. The number of aromatic hydroxyl groups is 1. The Bertz CT molecular complexity index is 524. The number of carbonyl (C=O) groups excluding carboxylic acids is 1. The summed E-state index contributed by atoms with van der Waals surface area (Å²) in [6.45, 7) is 2.16. The van der Waals surface area contributed by atoms with Crippen LogP contribution in [0.15, 0.2) is 6.07 Å². The van der Waals surface area contributed by atoms with Gasteiger partial charge in [-0.25, -0.2) is 4.79 Å². The number of hydrogen-bond donors (Lipinski definition) is 1. The van der Waals surface area contributed by atoms with Gasteiger partial charge in [0.2, 0.25) is 5.75 Å². The van der Waals surface area contributed by atoms with E-state index < -0.39 is 5.97 Å². The van der Waals surface area contributed by atoms with Crippen molar-refractivity contribution in [1.29, 1.82) is 0 Å². The summed E-state index contributed by atoms with van der Waals surface area (Å²) in [6.07, 6.45) is 4.94. The maximum atomic E-state index is 12.0. The Morgan fingerprint density at radius 3 is 2.62 bits per heavy atom. The second-order valence-corrected chi connectivity index (χ2v) is 5.17. The van der Waals surface area contributed by atoms with Gasteiger partial charge in [0.15, 0.2) is 11.5 Å². The standard InChI is InChI=1S/C16H22O5/c1-4-5-6-7-8-11-10-9-12(19-2)14(17)15(20-3)13(10)16(18)21-11/h9,11,17H,4-8H2,1-3H3. The van der Waals surface area contributed by atoms with E-state index in [1.165, 1.54) is 20.6 Å². The Kier molecular flexibility index (Phi) is 4.94. The topological polar surface area (TPSA) is 65.0 Å².